The molecule has 2 N–H and O–H groups in total. The second-order valence-electron chi connectivity index (χ2n) is 8.19. The average molecular weight is 399 g/mol. The van der Waals surface area contributed by atoms with Gasteiger partial charge in [-0.15, -0.1) is 0 Å². The van der Waals surface area contributed by atoms with Crippen LogP contribution in [-0.4, -0.2) is 17.0 Å². The fourth-order valence-electron chi connectivity index (χ4n) is 4.56. The van der Waals surface area contributed by atoms with Crippen molar-refractivity contribution in [1.82, 2.24) is 5.32 Å². The lowest BCUT2D eigenvalue weighted by Crippen LogP contribution is -2.45. The molecule has 3 aromatic rings. The highest BCUT2D eigenvalue weighted by Crippen LogP contribution is 2.50. The van der Waals surface area contributed by atoms with Crippen molar-refractivity contribution < 1.29 is 14.7 Å². The molecule has 1 amide bonds. The molecule has 0 saturated carbocycles. The van der Waals surface area contributed by atoms with E-state index in [2.05, 4.69) is 55.6 Å². The molecule has 30 heavy (non-hydrogen) atoms. The summed E-state index contributed by atoms with van der Waals surface area (Å²) in [6.45, 7) is 5.71. The van der Waals surface area contributed by atoms with Crippen molar-refractivity contribution in [3.63, 3.8) is 0 Å². The first-order valence-corrected chi connectivity index (χ1v) is 10.1. The van der Waals surface area contributed by atoms with E-state index in [-0.39, 0.29) is 11.5 Å². The third-order valence-corrected chi connectivity index (χ3v) is 5.94. The molecule has 1 aliphatic rings. The van der Waals surface area contributed by atoms with Crippen LogP contribution in [0.5, 0.6) is 0 Å². The van der Waals surface area contributed by atoms with E-state index in [1.165, 1.54) is 11.1 Å². The van der Waals surface area contributed by atoms with Crippen LogP contribution in [0.4, 0.5) is 0 Å². The van der Waals surface area contributed by atoms with Crippen LogP contribution in [-0.2, 0) is 16.8 Å². The summed E-state index contributed by atoms with van der Waals surface area (Å²) < 4.78 is 0. The number of aromatic carboxylic acids is 1. The average Bonchev–Trinajstić information content (AvgIpc) is 2.95. The van der Waals surface area contributed by atoms with Gasteiger partial charge in [0.05, 0.1) is 11.1 Å². The van der Waals surface area contributed by atoms with Crippen LogP contribution >= 0.6 is 0 Å². The van der Waals surface area contributed by atoms with Gasteiger partial charge in [-0.2, -0.15) is 0 Å². The first-order valence-electron chi connectivity index (χ1n) is 10.1. The topological polar surface area (TPSA) is 66.4 Å². The van der Waals surface area contributed by atoms with Gasteiger partial charge in [-0.25, -0.2) is 4.79 Å². The molecule has 4 nitrogen and oxygen atoms in total. The molecule has 152 valence electrons. The zero-order valence-corrected chi connectivity index (χ0v) is 17.5. The Bertz CT molecular complexity index is 1150. The van der Waals surface area contributed by atoms with E-state index in [1.54, 1.807) is 19.1 Å². The normalized spacial score (nSPS) is 16.6. The zero-order valence-electron chi connectivity index (χ0n) is 17.5. The van der Waals surface area contributed by atoms with E-state index in [0.29, 0.717) is 12.8 Å². The summed E-state index contributed by atoms with van der Waals surface area (Å²) in [6.07, 6.45) is 1.40. The number of aryl methyl sites for hydroxylation is 3. The van der Waals surface area contributed by atoms with Crippen LogP contribution < -0.4 is 5.32 Å². The molecule has 0 heterocycles. The van der Waals surface area contributed by atoms with Gasteiger partial charge in [0.25, 0.3) is 0 Å². The largest absolute Gasteiger partial charge is 0.478 e. The van der Waals surface area contributed by atoms with Gasteiger partial charge in [0, 0.05) is 6.92 Å². The van der Waals surface area contributed by atoms with Gasteiger partial charge in [0.15, 0.2) is 0 Å². The highest BCUT2D eigenvalue weighted by molar-refractivity contribution is 5.87. The molecule has 0 saturated heterocycles. The maximum atomic E-state index is 12.3. The Morgan fingerprint density at radius 1 is 0.867 bits per heavy atom. The Kier molecular flexibility index (Phi) is 4.94. The number of nitrogens with one attached hydrogen (secondary N) is 1. The van der Waals surface area contributed by atoms with Crippen molar-refractivity contribution >= 4 is 11.9 Å². The number of carboxylic acid groups (broad SMARTS) is 1. The fourth-order valence-corrected chi connectivity index (χ4v) is 4.56. The minimum Gasteiger partial charge on any atom is -0.478 e. The lowest BCUT2D eigenvalue weighted by Gasteiger charge is -2.33. The van der Waals surface area contributed by atoms with Crippen LogP contribution in [0.25, 0.3) is 11.1 Å². The predicted octanol–water partition coefficient (Wildman–Crippen LogP) is 4.99. The summed E-state index contributed by atoms with van der Waals surface area (Å²) in [5.74, 6) is -1.00. The standard InChI is InChI=1S/C26H25NO3/c1-16-5-11-23-22(14-16)21-10-4-17(2)15-24(21)26(23,27-18(3)28)13-12-19-6-8-20(9-7-19)25(29)30/h4-11,14-15H,12-13H2,1-3H3,(H,27,28)(H,29,30). The Balaban J connectivity index is 1.80. The van der Waals surface area contributed by atoms with Crippen LogP contribution in [0.3, 0.4) is 0 Å². The molecule has 0 fully saturated rings. The summed E-state index contributed by atoms with van der Waals surface area (Å²) in [4.78, 5) is 23.5. The molecule has 4 heteroatoms. The molecule has 0 aliphatic heterocycles. The third kappa shape index (κ3) is 3.39. The molecule has 1 atom stereocenters. The molecule has 0 spiro atoms. The second kappa shape index (κ2) is 7.45. The van der Waals surface area contributed by atoms with E-state index in [4.69, 9.17) is 5.11 Å². The van der Waals surface area contributed by atoms with Gasteiger partial charge in [0.1, 0.15) is 0 Å². The van der Waals surface area contributed by atoms with Crippen molar-refractivity contribution in [2.45, 2.75) is 39.2 Å². The third-order valence-electron chi connectivity index (χ3n) is 5.94. The van der Waals surface area contributed by atoms with Crippen molar-refractivity contribution in [3.8, 4) is 11.1 Å². The number of amides is 1. The van der Waals surface area contributed by atoms with Gasteiger partial charge >= 0.3 is 5.97 Å². The number of hydrogen-bond acceptors (Lipinski definition) is 2. The van der Waals surface area contributed by atoms with Gasteiger partial charge in [-0.3, -0.25) is 4.79 Å². The highest BCUT2D eigenvalue weighted by Gasteiger charge is 2.43. The summed E-state index contributed by atoms with van der Waals surface area (Å²) in [5, 5.41) is 12.4. The number of rotatable bonds is 5. The summed E-state index contributed by atoms with van der Waals surface area (Å²) in [6, 6.07) is 19.8. The predicted molar refractivity (Wildman–Crippen MR) is 118 cm³/mol. The number of carbonyl (C=O) groups excluding carboxylic acids is 1. The highest BCUT2D eigenvalue weighted by atomic mass is 16.4. The van der Waals surface area contributed by atoms with Crippen LogP contribution in [0, 0.1) is 13.8 Å². The van der Waals surface area contributed by atoms with E-state index in [1.807, 2.05) is 12.1 Å². The van der Waals surface area contributed by atoms with Gasteiger partial charge < -0.3 is 10.4 Å². The quantitative estimate of drug-likeness (QED) is 0.635. The molecule has 0 bridgehead atoms. The minimum absolute atomic E-state index is 0.0721. The Hall–Kier alpha value is -3.40. The molecule has 1 unspecified atom stereocenters. The molecule has 4 rings (SSSR count). The number of carboxylic acids is 1. The number of benzene rings is 3. The summed E-state index contributed by atoms with van der Waals surface area (Å²) in [7, 11) is 0. The van der Waals surface area contributed by atoms with E-state index >= 15 is 0 Å². The maximum absolute atomic E-state index is 12.3. The minimum atomic E-state index is -0.930. The SMILES string of the molecule is CC(=O)NC1(CCc2ccc(C(=O)O)cc2)c2ccc(C)cc2-c2ccc(C)cc21. The first kappa shape index (κ1) is 19.9. The van der Waals surface area contributed by atoms with Gasteiger partial charge in [-0.1, -0.05) is 59.7 Å². The molecule has 0 aromatic heterocycles. The number of carbonyl (C=O) groups is 2. The molecular formula is C26H25NO3. The summed E-state index contributed by atoms with van der Waals surface area (Å²) in [5.41, 5.74) is 7.61. The van der Waals surface area contributed by atoms with Crippen molar-refractivity contribution in [1.29, 1.82) is 0 Å². The zero-order chi connectivity index (χ0) is 21.5. The lowest BCUT2D eigenvalue weighted by atomic mass is 9.81. The Morgan fingerprint density at radius 3 is 2.20 bits per heavy atom. The van der Waals surface area contributed by atoms with Gasteiger partial charge in [0.2, 0.25) is 5.91 Å². The van der Waals surface area contributed by atoms with E-state index in [9.17, 15) is 9.59 Å². The Labute approximate surface area is 176 Å². The van der Waals surface area contributed by atoms with E-state index < -0.39 is 11.5 Å². The lowest BCUT2D eigenvalue weighted by molar-refractivity contribution is -0.120. The van der Waals surface area contributed by atoms with Crippen molar-refractivity contribution in [2.24, 2.45) is 0 Å². The van der Waals surface area contributed by atoms with Crippen LogP contribution in [0.1, 0.15) is 51.5 Å². The summed E-state index contributed by atoms with van der Waals surface area (Å²) >= 11 is 0. The number of hydrogen-bond donors (Lipinski definition) is 2. The van der Waals surface area contributed by atoms with Crippen LogP contribution in [0.2, 0.25) is 0 Å². The number of fused-ring (bicyclic) bond motifs is 3. The smallest absolute Gasteiger partial charge is 0.335 e. The van der Waals surface area contributed by atoms with Crippen molar-refractivity contribution in [2.75, 3.05) is 0 Å². The van der Waals surface area contributed by atoms with Crippen molar-refractivity contribution in [3.05, 3.63) is 94.0 Å². The first-order chi connectivity index (χ1) is 14.3. The molecule has 3 aromatic carbocycles. The van der Waals surface area contributed by atoms with Crippen LogP contribution in [0.15, 0.2) is 60.7 Å². The van der Waals surface area contributed by atoms with Gasteiger partial charge in [-0.05, 0) is 66.6 Å². The molecule has 1 aliphatic carbocycles. The monoisotopic (exact) mass is 399 g/mol. The van der Waals surface area contributed by atoms with E-state index in [0.717, 1.165) is 27.8 Å². The molecule has 0 radical (unpaired) electrons. The Morgan fingerprint density at radius 2 is 1.53 bits per heavy atom. The second-order valence-corrected chi connectivity index (χ2v) is 8.19. The fraction of sp³-hybridized carbons (Fsp3) is 0.231. The maximum Gasteiger partial charge on any atom is 0.335 e. The molecular weight excluding hydrogens is 374 g/mol.